The summed E-state index contributed by atoms with van der Waals surface area (Å²) in [7, 11) is 0. The van der Waals surface area contributed by atoms with Crippen molar-refractivity contribution in [2.24, 2.45) is 0 Å². The van der Waals surface area contributed by atoms with Crippen LogP contribution in [0.4, 0.5) is 5.88 Å². The van der Waals surface area contributed by atoms with Crippen LogP contribution in [-0.4, -0.2) is 53.6 Å². The third-order valence-electron chi connectivity index (χ3n) is 6.75. The van der Waals surface area contributed by atoms with Crippen LogP contribution < -0.4 is 4.90 Å². The quantitative estimate of drug-likeness (QED) is 0.439. The van der Waals surface area contributed by atoms with E-state index in [1.54, 1.807) is 0 Å². The third kappa shape index (κ3) is 5.87. The molecule has 2 aliphatic rings. The van der Waals surface area contributed by atoms with E-state index in [1.165, 1.54) is 32.1 Å². The van der Waals surface area contributed by atoms with Crippen LogP contribution in [0.15, 0.2) is 65.2 Å². The molecule has 1 aromatic heterocycles. The lowest BCUT2D eigenvalue weighted by molar-refractivity contribution is 0.00707. The molecule has 2 aromatic carbocycles. The Kier molecular flexibility index (Phi) is 7.59. The summed E-state index contributed by atoms with van der Waals surface area (Å²) in [6.45, 7) is 4.17. The van der Waals surface area contributed by atoms with Crippen LogP contribution in [0.25, 0.3) is 11.3 Å². The van der Waals surface area contributed by atoms with E-state index >= 15 is 0 Å². The minimum Gasteiger partial charge on any atom is -0.389 e. The molecular weight excluding hydrogens is 426 g/mol. The summed E-state index contributed by atoms with van der Waals surface area (Å²) in [5.74, 6) is 0.902. The number of hydrogen-bond donors (Lipinski definition) is 1. The van der Waals surface area contributed by atoms with Gasteiger partial charge in [-0.1, -0.05) is 65.8 Å². The van der Waals surface area contributed by atoms with Crippen molar-refractivity contribution < 1.29 is 14.4 Å². The Morgan fingerprint density at radius 2 is 1.71 bits per heavy atom. The predicted molar refractivity (Wildman–Crippen MR) is 134 cm³/mol. The number of aliphatic hydroxyl groups is 1. The molecule has 180 valence electrons. The number of anilines is 1. The third-order valence-corrected chi connectivity index (χ3v) is 6.75. The predicted octanol–water partition coefficient (Wildman–Crippen LogP) is 4.87. The van der Waals surface area contributed by atoms with Crippen molar-refractivity contribution >= 4 is 5.88 Å². The normalized spacial score (nSPS) is 17.3. The number of nitrogens with zero attached hydrogens (tertiary/aromatic N) is 3. The van der Waals surface area contributed by atoms with Crippen LogP contribution in [-0.2, 0) is 17.9 Å². The first-order valence-electron chi connectivity index (χ1n) is 12.6. The fourth-order valence-corrected chi connectivity index (χ4v) is 4.81. The minimum absolute atomic E-state index is 0.326. The molecule has 1 N–H and O–H groups in total. The standard InChI is InChI=1S/C28H35N3O3/c32-25(21-33-20-22-10-4-1-5-11-22)18-31(24-14-15-24)19-26-27(23-12-6-2-7-13-23)29-34-28(26)30-16-8-3-9-17-30/h1-2,4-7,10-13,24-25,32H,3,8-9,14-21H2. The highest BCUT2D eigenvalue weighted by Crippen LogP contribution is 2.36. The number of ether oxygens (including phenoxy) is 1. The van der Waals surface area contributed by atoms with E-state index in [9.17, 15) is 5.11 Å². The van der Waals surface area contributed by atoms with Crippen molar-refractivity contribution in [2.75, 3.05) is 31.1 Å². The molecular formula is C28H35N3O3. The van der Waals surface area contributed by atoms with E-state index in [1.807, 2.05) is 48.5 Å². The van der Waals surface area contributed by atoms with Gasteiger partial charge in [0.25, 0.3) is 0 Å². The molecule has 2 fully saturated rings. The minimum atomic E-state index is -0.539. The maximum absolute atomic E-state index is 10.8. The van der Waals surface area contributed by atoms with Crippen LogP contribution in [0, 0.1) is 0 Å². The van der Waals surface area contributed by atoms with E-state index in [0.717, 1.165) is 47.9 Å². The molecule has 6 heteroatoms. The Labute approximate surface area is 202 Å². The van der Waals surface area contributed by atoms with Crippen LogP contribution >= 0.6 is 0 Å². The lowest BCUT2D eigenvalue weighted by Gasteiger charge is -2.29. The summed E-state index contributed by atoms with van der Waals surface area (Å²) < 4.78 is 11.8. The summed E-state index contributed by atoms with van der Waals surface area (Å²) >= 11 is 0. The van der Waals surface area contributed by atoms with E-state index in [0.29, 0.717) is 25.8 Å². The molecule has 5 rings (SSSR count). The van der Waals surface area contributed by atoms with E-state index in [-0.39, 0.29) is 0 Å². The molecule has 1 unspecified atom stereocenters. The topological polar surface area (TPSA) is 62.0 Å². The molecule has 0 radical (unpaired) electrons. The molecule has 1 saturated carbocycles. The Bertz CT molecular complexity index is 1010. The van der Waals surface area contributed by atoms with E-state index in [4.69, 9.17) is 9.26 Å². The Balaban J connectivity index is 1.29. The van der Waals surface area contributed by atoms with Crippen LogP contribution in [0.2, 0.25) is 0 Å². The highest BCUT2D eigenvalue weighted by Gasteiger charge is 2.33. The van der Waals surface area contributed by atoms with Crippen LogP contribution in [0.5, 0.6) is 0 Å². The maximum atomic E-state index is 10.8. The number of aromatic nitrogens is 1. The first-order chi connectivity index (χ1) is 16.8. The zero-order valence-corrected chi connectivity index (χ0v) is 19.8. The van der Waals surface area contributed by atoms with E-state index in [2.05, 4.69) is 27.1 Å². The molecule has 34 heavy (non-hydrogen) atoms. The van der Waals surface area contributed by atoms with Crippen LogP contribution in [0.1, 0.15) is 43.2 Å². The highest BCUT2D eigenvalue weighted by atomic mass is 16.5. The fraction of sp³-hybridized carbons (Fsp3) is 0.464. The Hall–Kier alpha value is -2.67. The number of aliphatic hydroxyl groups excluding tert-OH is 1. The van der Waals surface area contributed by atoms with Crippen molar-refractivity contribution in [3.8, 4) is 11.3 Å². The molecule has 1 saturated heterocycles. The van der Waals surface area contributed by atoms with Gasteiger partial charge in [-0.25, -0.2) is 0 Å². The monoisotopic (exact) mass is 461 g/mol. The lowest BCUT2D eigenvalue weighted by atomic mass is 10.1. The second kappa shape index (κ2) is 11.2. The first kappa shape index (κ1) is 23.1. The highest BCUT2D eigenvalue weighted by molar-refractivity contribution is 5.68. The van der Waals surface area contributed by atoms with Gasteiger partial charge in [0, 0.05) is 37.8 Å². The van der Waals surface area contributed by atoms with Crippen molar-refractivity contribution in [3.05, 3.63) is 71.8 Å². The molecule has 2 heterocycles. The van der Waals surface area contributed by atoms with E-state index < -0.39 is 6.10 Å². The summed E-state index contributed by atoms with van der Waals surface area (Å²) in [5.41, 5.74) is 4.25. The number of benzene rings is 2. The van der Waals surface area contributed by atoms with Crippen molar-refractivity contribution in [1.29, 1.82) is 0 Å². The van der Waals surface area contributed by atoms with Gasteiger partial charge in [0.15, 0.2) is 0 Å². The van der Waals surface area contributed by atoms with Gasteiger partial charge in [-0.15, -0.1) is 0 Å². The maximum Gasteiger partial charge on any atom is 0.232 e. The summed E-state index contributed by atoms with van der Waals surface area (Å²) in [5, 5.41) is 15.3. The summed E-state index contributed by atoms with van der Waals surface area (Å²) in [6.07, 6.45) is 5.44. The summed E-state index contributed by atoms with van der Waals surface area (Å²) in [6, 6.07) is 20.9. The number of hydrogen-bond acceptors (Lipinski definition) is 6. The molecule has 6 nitrogen and oxygen atoms in total. The van der Waals surface area contributed by atoms with Gasteiger partial charge in [-0.2, -0.15) is 0 Å². The average molecular weight is 462 g/mol. The second-order valence-corrected chi connectivity index (χ2v) is 9.54. The lowest BCUT2D eigenvalue weighted by Crippen LogP contribution is -2.37. The second-order valence-electron chi connectivity index (χ2n) is 9.54. The number of rotatable bonds is 11. The first-order valence-corrected chi connectivity index (χ1v) is 12.6. The zero-order chi connectivity index (χ0) is 23.2. The van der Waals surface area contributed by atoms with Crippen molar-refractivity contribution in [2.45, 2.75) is 57.4 Å². The largest absolute Gasteiger partial charge is 0.389 e. The molecule has 3 aromatic rings. The Morgan fingerprint density at radius 3 is 2.41 bits per heavy atom. The van der Waals surface area contributed by atoms with Crippen molar-refractivity contribution in [1.82, 2.24) is 10.1 Å². The molecule has 0 spiro atoms. The van der Waals surface area contributed by atoms with Gasteiger partial charge in [0.1, 0.15) is 5.69 Å². The van der Waals surface area contributed by atoms with Gasteiger partial charge in [-0.05, 0) is 37.7 Å². The van der Waals surface area contributed by atoms with Crippen molar-refractivity contribution in [3.63, 3.8) is 0 Å². The SMILES string of the molecule is OC(COCc1ccccc1)CN(Cc1c(-c2ccccc2)noc1N1CCCCC1)C1CC1. The van der Waals surface area contributed by atoms with Gasteiger partial charge < -0.3 is 19.3 Å². The molecule has 0 bridgehead atoms. The van der Waals surface area contributed by atoms with Gasteiger partial charge in [0.2, 0.25) is 5.88 Å². The van der Waals surface area contributed by atoms with Gasteiger partial charge in [-0.3, -0.25) is 4.90 Å². The molecule has 1 aliphatic carbocycles. The van der Waals surface area contributed by atoms with Crippen LogP contribution in [0.3, 0.4) is 0 Å². The fourth-order valence-electron chi connectivity index (χ4n) is 4.81. The Morgan fingerprint density at radius 1 is 1.00 bits per heavy atom. The van der Waals surface area contributed by atoms with Gasteiger partial charge >= 0.3 is 0 Å². The average Bonchev–Trinajstić information content (AvgIpc) is 3.65. The summed E-state index contributed by atoms with van der Waals surface area (Å²) in [4.78, 5) is 4.74. The molecule has 1 aliphatic heterocycles. The molecule has 1 atom stereocenters. The number of piperidine rings is 1. The van der Waals surface area contributed by atoms with Gasteiger partial charge in [0.05, 0.1) is 24.9 Å². The smallest absolute Gasteiger partial charge is 0.232 e. The molecule has 0 amide bonds. The zero-order valence-electron chi connectivity index (χ0n) is 19.8.